The van der Waals surface area contributed by atoms with Crippen LogP contribution in [0, 0.1) is 0 Å². The average molecular weight is 432 g/mol. The topological polar surface area (TPSA) is 4.93 Å². The second-order valence-corrected chi connectivity index (χ2v) is 10.1. The standard InChI is InChI=1S/C33H21N/c1-4-10-25-19(7-1)13-22-17-30-28(18-27(22)25)32-31-23(14-20-8-2-5-11-26(20)31)16-24-15-21-9-3-6-12-29(21)34(30)33(24)32/h1-12,16-18H,13-15H2. The van der Waals surface area contributed by atoms with Gasteiger partial charge in [-0.3, -0.25) is 0 Å². The Morgan fingerprint density at radius 2 is 1.18 bits per heavy atom. The number of nitrogens with zero attached hydrogens (tertiary/aromatic N) is 1. The molecule has 0 spiro atoms. The Balaban J connectivity index is 1.51. The summed E-state index contributed by atoms with van der Waals surface area (Å²) in [6.07, 6.45) is 3.07. The summed E-state index contributed by atoms with van der Waals surface area (Å²) in [6, 6.07) is 34.4. The number of rotatable bonds is 0. The summed E-state index contributed by atoms with van der Waals surface area (Å²) in [6.45, 7) is 0. The fourth-order valence-electron chi connectivity index (χ4n) is 7.02. The van der Waals surface area contributed by atoms with Crippen LogP contribution in [-0.2, 0) is 19.3 Å². The summed E-state index contributed by atoms with van der Waals surface area (Å²) in [5.41, 5.74) is 18.6. The molecular formula is C33H21N. The molecule has 0 saturated heterocycles. The van der Waals surface area contributed by atoms with E-state index in [0.29, 0.717) is 0 Å². The Morgan fingerprint density at radius 1 is 0.500 bits per heavy atom. The molecule has 1 aliphatic heterocycles. The van der Waals surface area contributed by atoms with Gasteiger partial charge in [-0.15, -0.1) is 0 Å². The zero-order valence-electron chi connectivity index (χ0n) is 18.7. The molecule has 158 valence electrons. The maximum absolute atomic E-state index is 2.57. The third-order valence-electron chi connectivity index (χ3n) is 8.39. The van der Waals surface area contributed by atoms with Crippen molar-refractivity contribution in [3.63, 3.8) is 0 Å². The van der Waals surface area contributed by atoms with Gasteiger partial charge in [-0.1, -0.05) is 72.8 Å². The molecule has 0 N–H and O–H groups in total. The second-order valence-electron chi connectivity index (χ2n) is 10.1. The molecule has 0 bridgehead atoms. The minimum atomic E-state index is 1.01. The molecule has 5 aromatic carbocycles. The Hall–Kier alpha value is -4.10. The predicted molar refractivity (Wildman–Crippen MR) is 140 cm³/mol. The lowest BCUT2D eigenvalue weighted by atomic mass is 9.91. The number of aromatic nitrogens is 1. The Bertz CT molecular complexity index is 1880. The van der Waals surface area contributed by atoms with Crippen molar-refractivity contribution in [1.29, 1.82) is 0 Å². The maximum atomic E-state index is 2.57. The van der Waals surface area contributed by atoms with Gasteiger partial charge in [0.05, 0.1) is 11.0 Å². The van der Waals surface area contributed by atoms with Crippen LogP contribution in [0.15, 0.2) is 91.0 Å². The number of benzene rings is 5. The zero-order chi connectivity index (χ0) is 22.0. The van der Waals surface area contributed by atoms with Crippen molar-refractivity contribution in [3.05, 3.63) is 124 Å². The third kappa shape index (κ3) is 1.98. The first-order valence-electron chi connectivity index (χ1n) is 12.3. The summed E-state index contributed by atoms with van der Waals surface area (Å²) >= 11 is 0. The molecule has 6 aromatic rings. The highest BCUT2D eigenvalue weighted by atomic mass is 15.0. The van der Waals surface area contributed by atoms with E-state index in [9.17, 15) is 0 Å². The fraction of sp³-hybridized carbons (Fsp3) is 0.0909. The largest absolute Gasteiger partial charge is 0.309 e. The van der Waals surface area contributed by atoms with Crippen molar-refractivity contribution >= 4 is 21.8 Å². The highest BCUT2D eigenvalue weighted by molar-refractivity contribution is 6.20. The zero-order valence-corrected chi connectivity index (χ0v) is 18.7. The second kappa shape index (κ2) is 5.87. The van der Waals surface area contributed by atoms with E-state index in [0.717, 1.165) is 19.3 Å². The van der Waals surface area contributed by atoms with Crippen LogP contribution < -0.4 is 0 Å². The summed E-state index contributed by atoms with van der Waals surface area (Å²) in [4.78, 5) is 0. The molecule has 2 heterocycles. The Labute approximate surface area is 197 Å². The van der Waals surface area contributed by atoms with Gasteiger partial charge in [-0.25, -0.2) is 0 Å². The molecule has 0 fully saturated rings. The molecular weight excluding hydrogens is 410 g/mol. The smallest absolute Gasteiger partial charge is 0.0583 e. The van der Waals surface area contributed by atoms with Crippen LogP contribution in [0.1, 0.15) is 33.4 Å². The first kappa shape index (κ1) is 17.4. The summed E-state index contributed by atoms with van der Waals surface area (Å²) in [7, 11) is 0. The molecule has 1 aromatic heterocycles. The molecule has 2 aliphatic carbocycles. The van der Waals surface area contributed by atoms with Crippen molar-refractivity contribution in [2.24, 2.45) is 0 Å². The fourth-order valence-corrected chi connectivity index (χ4v) is 7.02. The normalized spacial score (nSPS) is 14.1. The van der Waals surface area contributed by atoms with Crippen LogP contribution in [-0.4, -0.2) is 4.57 Å². The van der Waals surface area contributed by atoms with E-state index in [1.807, 2.05) is 0 Å². The van der Waals surface area contributed by atoms with E-state index in [1.165, 1.54) is 83.1 Å². The van der Waals surface area contributed by atoms with Crippen molar-refractivity contribution < 1.29 is 0 Å². The lowest BCUT2D eigenvalue weighted by Crippen LogP contribution is -2.08. The number of para-hydroxylation sites is 1. The number of fused-ring (bicyclic) bond motifs is 12. The summed E-state index contributed by atoms with van der Waals surface area (Å²) in [5, 5.41) is 2.85. The number of hydrogen-bond donors (Lipinski definition) is 0. The van der Waals surface area contributed by atoms with E-state index in [4.69, 9.17) is 0 Å². The lowest BCUT2D eigenvalue weighted by Gasteiger charge is -2.21. The maximum Gasteiger partial charge on any atom is 0.0583 e. The van der Waals surface area contributed by atoms with E-state index >= 15 is 0 Å². The molecule has 0 unspecified atom stereocenters. The van der Waals surface area contributed by atoms with Crippen molar-refractivity contribution in [2.75, 3.05) is 0 Å². The van der Waals surface area contributed by atoms with Gasteiger partial charge in [0.15, 0.2) is 0 Å². The van der Waals surface area contributed by atoms with Crippen LogP contribution in [0.2, 0.25) is 0 Å². The van der Waals surface area contributed by atoms with E-state index in [1.54, 1.807) is 0 Å². The molecule has 3 aliphatic rings. The van der Waals surface area contributed by atoms with Gasteiger partial charge < -0.3 is 4.57 Å². The van der Waals surface area contributed by atoms with Crippen molar-refractivity contribution in [2.45, 2.75) is 19.3 Å². The van der Waals surface area contributed by atoms with E-state index < -0.39 is 0 Å². The lowest BCUT2D eigenvalue weighted by molar-refractivity contribution is 1.04. The third-order valence-corrected chi connectivity index (χ3v) is 8.39. The quantitative estimate of drug-likeness (QED) is 0.231. The van der Waals surface area contributed by atoms with E-state index in [-0.39, 0.29) is 0 Å². The molecule has 0 radical (unpaired) electrons. The van der Waals surface area contributed by atoms with Gasteiger partial charge in [-0.2, -0.15) is 0 Å². The Morgan fingerprint density at radius 3 is 2.06 bits per heavy atom. The highest BCUT2D eigenvalue weighted by Gasteiger charge is 2.31. The molecule has 0 amide bonds. The number of hydrogen-bond acceptors (Lipinski definition) is 0. The first-order valence-corrected chi connectivity index (χ1v) is 12.3. The van der Waals surface area contributed by atoms with Crippen LogP contribution >= 0.6 is 0 Å². The van der Waals surface area contributed by atoms with Crippen LogP contribution in [0.25, 0.3) is 49.7 Å². The van der Waals surface area contributed by atoms with Gasteiger partial charge in [0, 0.05) is 22.9 Å². The Kier molecular flexibility index (Phi) is 3.00. The minimum absolute atomic E-state index is 1.01. The van der Waals surface area contributed by atoms with Crippen LogP contribution in [0.4, 0.5) is 0 Å². The molecule has 0 atom stereocenters. The minimum Gasteiger partial charge on any atom is -0.309 e. The molecule has 0 saturated carbocycles. The van der Waals surface area contributed by atoms with Crippen molar-refractivity contribution in [3.8, 4) is 27.9 Å². The summed E-state index contributed by atoms with van der Waals surface area (Å²) in [5.74, 6) is 0. The van der Waals surface area contributed by atoms with Crippen LogP contribution in [0.3, 0.4) is 0 Å². The first-order chi connectivity index (χ1) is 16.8. The van der Waals surface area contributed by atoms with Gasteiger partial charge in [0.25, 0.3) is 0 Å². The van der Waals surface area contributed by atoms with Gasteiger partial charge in [0.2, 0.25) is 0 Å². The van der Waals surface area contributed by atoms with Gasteiger partial charge in [-0.05, 0) is 86.7 Å². The molecule has 9 rings (SSSR count). The SMILES string of the molecule is c1ccc2c(c1)Cc1cc3c(cc1-2)c1c2c(cc4c1n3-c1ccccc1C4)Cc1ccccc1-2. The van der Waals surface area contributed by atoms with Gasteiger partial charge >= 0.3 is 0 Å². The molecule has 1 heteroatoms. The van der Waals surface area contributed by atoms with Crippen molar-refractivity contribution in [1.82, 2.24) is 4.57 Å². The monoisotopic (exact) mass is 431 g/mol. The van der Waals surface area contributed by atoms with Crippen LogP contribution in [0.5, 0.6) is 0 Å². The van der Waals surface area contributed by atoms with E-state index in [2.05, 4.69) is 95.6 Å². The molecule has 1 nitrogen and oxygen atoms in total. The van der Waals surface area contributed by atoms with Gasteiger partial charge in [0.1, 0.15) is 0 Å². The predicted octanol–water partition coefficient (Wildman–Crippen LogP) is 7.83. The highest BCUT2D eigenvalue weighted by Crippen LogP contribution is 2.51. The molecule has 34 heavy (non-hydrogen) atoms. The summed E-state index contributed by atoms with van der Waals surface area (Å²) < 4.78 is 2.57. The average Bonchev–Trinajstić information content (AvgIpc) is 3.52.